The van der Waals surface area contributed by atoms with Crippen molar-refractivity contribution in [2.24, 2.45) is 0 Å². The lowest BCUT2D eigenvalue weighted by Gasteiger charge is -2.21. The summed E-state index contributed by atoms with van der Waals surface area (Å²) in [5.74, 6) is 0.185. The van der Waals surface area contributed by atoms with Gasteiger partial charge in [-0.2, -0.15) is 0 Å². The van der Waals surface area contributed by atoms with E-state index in [1.807, 2.05) is 27.1 Å². The molecule has 0 aliphatic rings. The summed E-state index contributed by atoms with van der Waals surface area (Å²) in [4.78, 5) is 2.06. The van der Waals surface area contributed by atoms with Gasteiger partial charge in [-0.3, -0.25) is 0 Å². The van der Waals surface area contributed by atoms with E-state index in [0.717, 1.165) is 11.4 Å². The monoisotopic (exact) mass is 286 g/mol. The minimum atomic E-state index is -0.205. The Labute approximate surface area is 125 Å². The van der Waals surface area contributed by atoms with Gasteiger partial charge in [0.2, 0.25) is 0 Å². The fourth-order valence-electron chi connectivity index (χ4n) is 2.49. The standard InChI is InChI=1S/C17H22N2O2/c1-11-8-9-13(10-14(11)19(3)4)18-12(2)17-15(20)6-5-7-16(17)21/h5-10,12,18,20-21H,1-4H3. The van der Waals surface area contributed by atoms with E-state index in [2.05, 4.69) is 29.3 Å². The molecule has 0 amide bonds. The van der Waals surface area contributed by atoms with Crippen molar-refractivity contribution in [1.29, 1.82) is 0 Å². The highest BCUT2D eigenvalue weighted by Crippen LogP contribution is 2.34. The van der Waals surface area contributed by atoms with Crippen molar-refractivity contribution in [2.75, 3.05) is 24.3 Å². The zero-order valence-electron chi connectivity index (χ0n) is 12.9. The molecule has 2 aromatic carbocycles. The van der Waals surface area contributed by atoms with Gasteiger partial charge in [0.15, 0.2) is 0 Å². The van der Waals surface area contributed by atoms with E-state index < -0.39 is 0 Å². The van der Waals surface area contributed by atoms with Crippen molar-refractivity contribution >= 4 is 11.4 Å². The molecule has 1 unspecified atom stereocenters. The number of hydrogen-bond donors (Lipinski definition) is 3. The molecule has 21 heavy (non-hydrogen) atoms. The van der Waals surface area contributed by atoms with Gasteiger partial charge in [-0.25, -0.2) is 0 Å². The van der Waals surface area contributed by atoms with Crippen LogP contribution in [0.4, 0.5) is 11.4 Å². The van der Waals surface area contributed by atoms with Gasteiger partial charge >= 0.3 is 0 Å². The van der Waals surface area contributed by atoms with Gasteiger partial charge in [0.05, 0.1) is 11.6 Å². The summed E-state index contributed by atoms with van der Waals surface area (Å²) in [5.41, 5.74) is 3.78. The number of nitrogens with zero attached hydrogens (tertiary/aromatic N) is 1. The quantitative estimate of drug-likeness (QED) is 0.803. The van der Waals surface area contributed by atoms with E-state index in [-0.39, 0.29) is 17.5 Å². The number of hydrogen-bond acceptors (Lipinski definition) is 4. The average molecular weight is 286 g/mol. The second-order valence-electron chi connectivity index (χ2n) is 5.47. The lowest BCUT2D eigenvalue weighted by molar-refractivity contribution is 0.434. The molecular weight excluding hydrogens is 264 g/mol. The van der Waals surface area contributed by atoms with Crippen LogP contribution < -0.4 is 10.2 Å². The summed E-state index contributed by atoms with van der Waals surface area (Å²) >= 11 is 0. The predicted molar refractivity (Wildman–Crippen MR) is 87.3 cm³/mol. The molecule has 0 radical (unpaired) electrons. The van der Waals surface area contributed by atoms with Crippen LogP contribution in [0.15, 0.2) is 36.4 Å². The SMILES string of the molecule is Cc1ccc(NC(C)c2c(O)cccc2O)cc1N(C)C. The van der Waals surface area contributed by atoms with Crippen LogP contribution in [0.3, 0.4) is 0 Å². The van der Waals surface area contributed by atoms with E-state index in [1.54, 1.807) is 18.2 Å². The fraction of sp³-hybridized carbons (Fsp3) is 0.294. The van der Waals surface area contributed by atoms with E-state index in [4.69, 9.17) is 0 Å². The van der Waals surface area contributed by atoms with Crippen molar-refractivity contribution in [3.8, 4) is 11.5 Å². The number of nitrogens with one attached hydrogen (secondary N) is 1. The van der Waals surface area contributed by atoms with E-state index in [1.165, 1.54) is 5.56 Å². The topological polar surface area (TPSA) is 55.7 Å². The summed E-state index contributed by atoms with van der Waals surface area (Å²) in [7, 11) is 4.01. The lowest BCUT2D eigenvalue weighted by atomic mass is 10.0. The smallest absolute Gasteiger partial charge is 0.124 e. The number of anilines is 2. The van der Waals surface area contributed by atoms with Gasteiger partial charge < -0.3 is 20.4 Å². The number of phenolic OH excluding ortho intramolecular Hbond substituents is 2. The Morgan fingerprint density at radius 3 is 2.24 bits per heavy atom. The zero-order chi connectivity index (χ0) is 15.6. The van der Waals surface area contributed by atoms with Gasteiger partial charge in [-0.1, -0.05) is 12.1 Å². The zero-order valence-corrected chi connectivity index (χ0v) is 12.9. The molecule has 0 aromatic heterocycles. The maximum Gasteiger partial charge on any atom is 0.124 e. The predicted octanol–water partition coefficient (Wildman–Crippen LogP) is 3.65. The van der Waals surface area contributed by atoms with Crippen LogP contribution in [0.1, 0.15) is 24.1 Å². The number of phenols is 2. The molecule has 2 aromatic rings. The first kappa shape index (κ1) is 15.0. The third kappa shape index (κ3) is 3.21. The van der Waals surface area contributed by atoms with E-state index in [0.29, 0.717) is 5.56 Å². The van der Waals surface area contributed by atoms with Gasteiger partial charge in [0.25, 0.3) is 0 Å². The third-order valence-electron chi connectivity index (χ3n) is 3.57. The molecule has 112 valence electrons. The Hall–Kier alpha value is -2.36. The molecule has 0 saturated carbocycles. The average Bonchev–Trinajstić information content (AvgIpc) is 2.40. The summed E-state index contributed by atoms with van der Waals surface area (Å²) in [5, 5.41) is 23.2. The molecular formula is C17H22N2O2. The maximum absolute atomic E-state index is 9.92. The Bertz CT molecular complexity index is 618. The fourth-order valence-corrected chi connectivity index (χ4v) is 2.49. The molecule has 4 heteroatoms. The molecule has 0 spiro atoms. The largest absolute Gasteiger partial charge is 0.507 e. The number of rotatable bonds is 4. The molecule has 4 nitrogen and oxygen atoms in total. The van der Waals surface area contributed by atoms with Gasteiger partial charge in [0.1, 0.15) is 11.5 Å². The second-order valence-corrected chi connectivity index (χ2v) is 5.47. The molecule has 0 saturated heterocycles. The van der Waals surface area contributed by atoms with E-state index in [9.17, 15) is 10.2 Å². The Morgan fingerprint density at radius 2 is 1.67 bits per heavy atom. The van der Waals surface area contributed by atoms with Crippen LogP contribution in [-0.4, -0.2) is 24.3 Å². The van der Waals surface area contributed by atoms with Crippen LogP contribution in [0, 0.1) is 6.92 Å². The minimum Gasteiger partial charge on any atom is -0.507 e. The Morgan fingerprint density at radius 1 is 1.05 bits per heavy atom. The minimum absolute atomic E-state index is 0.0925. The maximum atomic E-state index is 9.92. The lowest BCUT2D eigenvalue weighted by Crippen LogP contribution is -2.12. The molecule has 0 fully saturated rings. The molecule has 1 atom stereocenters. The van der Waals surface area contributed by atoms with Crippen molar-refractivity contribution in [1.82, 2.24) is 0 Å². The summed E-state index contributed by atoms with van der Waals surface area (Å²) in [6.45, 7) is 3.97. The highest BCUT2D eigenvalue weighted by atomic mass is 16.3. The molecule has 0 aliphatic heterocycles. The van der Waals surface area contributed by atoms with E-state index >= 15 is 0 Å². The normalized spacial score (nSPS) is 12.0. The van der Waals surface area contributed by atoms with Crippen molar-refractivity contribution in [2.45, 2.75) is 19.9 Å². The molecule has 3 N–H and O–H groups in total. The van der Waals surface area contributed by atoms with Crippen molar-refractivity contribution in [3.05, 3.63) is 47.5 Å². The number of benzene rings is 2. The first-order valence-corrected chi connectivity index (χ1v) is 6.95. The van der Waals surface area contributed by atoms with Crippen LogP contribution in [0.2, 0.25) is 0 Å². The molecule has 2 rings (SSSR count). The Kier molecular flexibility index (Phi) is 4.26. The third-order valence-corrected chi connectivity index (χ3v) is 3.57. The van der Waals surface area contributed by atoms with Crippen molar-refractivity contribution < 1.29 is 10.2 Å². The molecule has 0 bridgehead atoms. The van der Waals surface area contributed by atoms with Gasteiger partial charge in [-0.05, 0) is 43.7 Å². The highest BCUT2D eigenvalue weighted by Gasteiger charge is 2.15. The van der Waals surface area contributed by atoms with Gasteiger partial charge in [0, 0.05) is 25.5 Å². The van der Waals surface area contributed by atoms with Crippen LogP contribution in [-0.2, 0) is 0 Å². The van der Waals surface area contributed by atoms with Crippen LogP contribution in [0.25, 0.3) is 0 Å². The molecule has 0 aliphatic carbocycles. The first-order valence-electron chi connectivity index (χ1n) is 6.95. The summed E-state index contributed by atoms with van der Waals surface area (Å²) in [6.07, 6.45) is 0. The number of aryl methyl sites for hydroxylation is 1. The van der Waals surface area contributed by atoms with Crippen molar-refractivity contribution in [3.63, 3.8) is 0 Å². The Balaban J connectivity index is 2.28. The van der Waals surface area contributed by atoms with Gasteiger partial charge in [-0.15, -0.1) is 0 Å². The number of aromatic hydroxyl groups is 2. The van der Waals surface area contributed by atoms with Crippen LogP contribution >= 0.6 is 0 Å². The molecule has 0 heterocycles. The first-order chi connectivity index (χ1) is 9.90. The summed E-state index contributed by atoms with van der Waals surface area (Å²) < 4.78 is 0. The highest BCUT2D eigenvalue weighted by molar-refractivity contribution is 5.63. The summed E-state index contributed by atoms with van der Waals surface area (Å²) in [6, 6.07) is 10.7. The van der Waals surface area contributed by atoms with Crippen LogP contribution in [0.5, 0.6) is 11.5 Å². The second kappa shape index (κ2) is 5.95.